The third-order valence-corrected chi connectivity index (χ3v) is 4.21. The van der Waals surface area contributed by atoms with Gasteiger partial charge >= 0.3 is 0 Å². The number of nitrogens with one attached hydrogen (secondary N) is 1. The van der Waals surface area contributed by atoms with Crippen molar-refractivity contribution in [3.63, 3.8) is 0 Å². The van der Waals surface area contributed by atoms with Crippen LogP contribution >= 0.6 is 11.3 Å². The number of rotatable bonds is 7. The predicted octanol–water partition coefficient (Wildman–Crippen LogP) is 4.06. The number of ether oxygens (including phenoxy) is 1. The highest BCUT2D eigenvalue weighted by atomic mass is 32.1. The molecule has 0 aliphatic carbocycles. The molecule has 0 saturated carbocycles. The van der Waals surface area contributed by atoms with Crippen LogP contribution in [-0.2, 0) is 13.0 Å². The van der Waals surface area contributed by atoms with E-state index in [9.17, 15) is 4.39 Å². The van der Waals surface area contributed by atoms with E-state index in [2.05, 4.69) is 20.5 Å². The van der Waals surface area contributed by atoms with Crippen molar-refractivity contribution in [2.45, 2.75) is 32.9 Å². The molecule has 1 N–H and O–H groups in total. The van der Waals surface area contributed by atoms with Crippen molar-refractivity contribution in [2.24, 2.45) is 0 Å². The second-order valence-corrected chi connectivity index (χ2v) is 6.89. The molecule has 7 heteroatoms. The number of anilines is 1. The fourth-order valence-electron chi connectivity index (χ4n) is 2.18. The number of benzene rings is 1. The van der Waals surface area contributed by atoms with Gasteiger partial charge in [0.1, 0.15) is 10.8 Å². The van der Waals surface area contributed by atoms with Gasteiger partial charge in [-0.25, -0.2) is 9.37 Å². The SMILES string of the molecule is CC(C)Oc1ccc(CNc2nnc(Cc3ccc(F)cc3)s2)cn1. The van der Waals surface area contributed by atoms with Gasteiger partial charge in [0.15, 0.2) is 0 Å². The average molecular weight is 358 g/mol. The summed E-state index contributed by atoms with van der Waals surface area (Å²) in [6.07, 6.45) is 2.53. The molecule has 0 aliphatic heterocycles. The zero-order valence-electron chi connectivity index (χ0n) is 14.1. The summed E-state index contributed by atoms with van der Waals surface area (Å²) >= 11 is 1.49. The van der Waals surface area contributed by atoms with E-state index in [1.54, 1.807) is 18.3 Å². The van der Waals surface area contributed by atoms with Gasteiger partial charge in [0, 0.05) is 25.2 Å². The van der Waals surface area contributed by atoms with Crippen molar-refractivity contribution in [3.05, 3.63) is 64.5 Å². The van der Waals surface area contributed by atoms with Crippen LogP contribution in [0.2, 0.25) is 0 Å². The number of halogens is 1. The Labute approximate surface area is 149 Å². The molecule has 0 unspecified atom stereocenters. The van der Waals surface area contributed by atoms with Gasteiger partial charge in [-0.15, -0.1) is 10.2 Å². The maximum absolute atomic E-state index is 12.9. The summed E-state index contributed by atoms with van der Waals surface area (Å²) in [5.74, 6) is 0.387. The Bertz CT molecular complexity index is 803. The minimum atomic E-state index is -0.234. The minimum Gasteiger partial charge on any atom is -0.475 e. The highest BCUT2D eigenvalue weighted by molar-refractivity contribution is 7.15. The van der Waals surface area contributed by atoms with E-state index in [0.29, 0.717) is 18.8 Å². The van der Waals surface area contributed by atoms with Crippen molar-refractivity contribution in [1.29, 1.82) is 0 Å². The van der Waals surface area contributed by atoms with Crippen LogP contribution in [0.1, 0.15) is 30.0 Å². The van der Waals surface area contributed by atoms with Crippen LogP contribution in [0, 0.1) is 5.82 Å². The van der Waals surface area contributed by atoms with Gasteiger partial charge in [-0.1, -0.05) is 29.5 Å². The smallest absolute Gasteiger partial charge is 0.213 e. The maximum Gasteiger partial charge on any atom is 0.213 e. The molecular weight excluding hydrogens is 339 g/mol. The summed E-state index contributed by atoms with van der Waals surface area (Å²) in [4.78, 5) is 4.27. The first-order valence-electron chi connectivity index (χ1n) is 8.01. The van der Waals surface area contributed by atoms with Crippen LogP contribution in [0.25, 0.3) is 0 Å². The fourth-order valence-corrected chi connectivity index (χ4v) is 2.95. The van der Waals surface area contributed by atoms with Crippen LogP contribution < -0.4 is 10.1 Å². The molecule has 0 fully saturated rings. The Hall–Kier alpha value is -2.54. The van der Waals surface area contributed by atoms with Crippen LogP contribution in [0.3, 0.4) is 0 Å². The summed E-state index contributed by atoms with van der Waals surface area (Å²) in [5, 5.41) is 13.2. The van der Waals surface area contributed by atoms with Gasteiger partial charge < -0.3 is 10.1 Å². The average Bonchev–Trinajstić information content (AvgIpc) is 3.03. The fraction of sp³-hybridized carbons (Fsp3) is 0.278. The van der Waals surface area contributed by atoms with Gasteiger partial charge in [-0.3, -0.25) is 0 Å². The normalized spacial score (nSPS) is 10.9. The minimum absolute atomic E-state index is 0.109. The van der Waals surface area contributed by atoms with E-state index in [4.69, 9.17) is 4.74 Å². The van der Waals surface area contributed by atoms with Crippen molar-refractivity contribution >= 4 is 16.5 Å². The highest BCUT2D eigenvalue weighted by Crippen LogP contribution is 2.19. The van der Waals surface area contributed by atoms with Crippen LogP contribution in [0.15, 0.2) is 42.6 Å². The summed E-state index contributed by atoms with van der Waals surface area (Å²) in [5.41, 5.74) is 2.04. The monoisotopic (exact) mass is 358 g/mol. The second kappa shape index (κ2) is 8.02. The van der Waals surface area contributed by atoms with E-state index in [-0.39, 0.29) is 11.9 Å². The van der Waals surface area contributed by atoms with Crippen LogP contribution in [-0.4, -0.2) is 21.3 Å². The zero-order chi connectivity index (χ0) is 17.6. The van der Waals surface area contributed by atoms with E-state index in [0.717, 1.165) is 21.3 Å². The van der Waals surface area contributed by atoms with Crippen molar-refractivity contribution in [1.82, 2.24) is 15.2 Å². The number of hydrogen-bond acceptors (Lipinski definition) is 6. The van der Waals surface area contributed by atoms with Crippen LogP contribution in [0.5, 0.6) is 5.88 Å². The lowest BCUT2D eigenvalue weighted by molar-refractivity contribution is 0.232. The summed E-state index contributed by atoms with van der Waals surface area (Å²) in [7, 11) is 0. The summed E-state index contributed by atoms with van der Waals surface area (Å²) in [6, 6.07) is 10.3. The molecule has 3 aromatic rings. The summed E-state index contributed by atoms with van der Waals surface area (Å²) < 4.78 is 18.5. The first-order chi connectivity index (χ1) is 12.1. The topological polar surface area (TPSA) is 59.9 Å². The zero-order valence-corrected chi connectivity index (χ0v) is 14.9. The Morgan fingerprint density at radius 3 is 2.52 bits per heavy atom. The number of pyridine rings is 1. The molecule has 0 bridgehead atoms. The standard InChI is InChI=1S/C18H19FN4OS/c1-12(2)24-16-8-5-14(10-20-16)11-21-18-23-22-17(25-18)9-13-3-6-15(19)7-4-13/h3-8,10,12H,9,11H2,1-2H3,(H,21,23). The van der Waals surface area contributed by atoms with E-state index < -0.39 is 0 Å². The van der Waals surface area contributed by atoms with Gasteiger partial charge in [0.05, 0.1) is 6.10 Å². The van der Waals surface area contributed by atoms with Crippen molar-refractivity contribution < 1.29 is 9.13 Å². The molecule has 0 aliphatic rings. The number of aromatic nitrogens is 3. The molecule has 25 heavy (non-hydrogen) atoms. The molecule has 3 rings (SSSR count). The molecule has 0 radical (unpaired) electrons. The maximum atomic E-state index is 12.9. The third kappa shape index (κ3) is 5.22. The molecule has 2 aromatic heterocycles. The molecule has 0 saturated heterocycles. The Balaban J connectivity index is 1.53. The molecule has 0 atom stereocenters. The largest absolute Gasteiger partial charge is 0.475 e. The number of hydrogen-bond donors (Lipinski definition) is 1. The van der Waals surface area contributed by atoms with Crippen LogP contribution in [0.4, 0.5) is 9.52 Å². The highest BCUT2D eigenvalue weighted by Gasteiger charge is 2.06. The molecule has 0 spiro atoms. The van der Waals surface area contributed by atoms with Gasteiger partial charge in [0.25, 0.3) is 0 Å². The number of nitrogens with zero attached hydrogens (tertiary/aromatic N) is 3. The second-order valence-electron chi connectivity index (χ2n) is 5.83. The first-order valence-corrected chi connectivity index (χ1v) is 8.82. The Morgan fingerprint density at radius 2 is 1.84 bits per heavy atom. The summed E-state index contributed by atoms with van der Waals surface area (Å²) in [6.45, 7) is 4.55. The molecular formula is C18H19FN4OS. The molecule has 2 heterocycles. The lowest BCUT2D eigenvalue weighted by Crippen LogP contribution is -2.07. The predicted molar refractivity (Wildman–Crippen MR) is 96.4 cm³/mol. The molecule has 0 amide bonds. The van der Waals surface area contributed by atoms with Crippen molar-refractivity contribution in [3.8, 4) is 5.88 Å². The van der Waals surface area contributed by atoms with E-state index >= 15 is 0 Å². The lowest BCUT2D eigenvalue weighted by atomic mass is 10.2. The quantitative estimate of drug-likeness (QED) is 0.690. The molecule has 1 aromatic carbocycles. The molecule has 5 nitrogen and oxygen atoms in total. The van der Waals surface area contributed by atoms with Crippen molar-refractivity contribution in [2.75, 3.05) is 5.32 Å². The molecule has 130 valence electrons. The van der Waals surface area contributed by atoms with Gasteiger partial charge in [0.2, 0.25) is 11.0 Å². The Kier molecular flexibility index (Phi) is 5.55. The Morgan fingerprint density at radius 1 is 1.08 bits per heavy atom. The third-order valence-electron chi connectivity index (χ3n) is 3.33. The lowest BCUT2D eigenvalue weighted by Gasteiger charge is -2.08. The van der Waals surface area contributed by atoms with E-state index in [1.807, 2.05) is 26.0 Å². The van der Waals surface area contributed by atoms with E-state index in [1.165, 1.54) is 23.5 Å². The van der Waals surface area contributed by atoms with Gasteiger partial charge in [-0.05, 0) is 37.1 Å². The van der Waals surface area contributed by atoms with Gasteiger partial charge in [-0.2, -0.15) is 0 Å². The first kappa shape index (κ1) is 17.3.